The zero-order valence-electron chi connectivity index (χ0n) is 21.2. The third-order valence-electron chi connectivity index (χ3n) is 7.33. The number of halogens is 1. The number of amides is 1. The predicted octanol–water partition coefficient (Wildman–Crippen LogP) is 3.27. The van der Waals surface area contributed by atoms with Crippen molar-refractivity contribution >= 4 is 23.2 Å². The van der Waals surface area contributed by atoms with Crippen molar-refractivity contribution in [1.29, 1.82) is 0 Å². The quantitative estimate of drug-likeness (QED) is 0.410. The van der Waals surface area contributed by atoms with E-state index in [-0.39, 0.29) is 17.7 Å². The van der Waals surface area contributed by atoms with Crippen LogP contribution in [0.2, 0.25) is 5.02 Å². The monoisotopic (exact) mass is 525 g/mol. The number of allylic oxidation sites excluding steroid dienone is 1. The lowest BCUT2D eigenvalue weighted by Gasteiger charge is -2.45. The molecule has 2 aliphatic heterocycles. The molecule has 0 aliphatic carbocycles. The van der Waals surface area contributed by atoms with Crippen LogP contribution in [-0.4, -0.2) is 65.7 Å². The van der Waals surface area contributed by atoms with Gasteiger partial charge < -0.3 is 36.4 Å². The largest absolute Gasteiger partial charge is 0.507 e. The number of nitrogens with two attached hydrogens (primary N) is 2. The molecule has 2 aromatic rings. The molecule has 0 radical (unpaired) electrons. The van der Waals surface area contributed by atoms with Crippen LogP contribution in [0.1, 0.15) is 31.2 Å². The molecular weight excluding hydrogens is 490 g/mol. The van der Waals surface area contributed by atoms with Gasteiger partial charge in [0.05, 0.1) is 10.7 Å². The highest BCUT2D eigenvalue weighted by Crippen LogP contribution is 2.36. The zero-order chi connectivity index (χ0) is 26.4. The number of hydrogen-bond acceptors (Lipinski definition) is 7. The van der Waals surface area contributed by atoms with Crippen LogP contribution >= 0.6 is 11.6 Å². The number of benzene rings is 2. The SMILES string of the molecule is CN(C(=O)C1(Oc2ccccc2Cl)CCN(C(/C=C(\N)c2ccccc2O)=C/N)CC1)C1CCNCC1. The Hall–Kier alpha value is -3.36. The van der Waals surface area contributed by atoms with E-state index >= 15 is 0 Å². The molecular formula is C28H36ClN5O3. The molecule has 0 atom stereocenters. The standard InChI is InChI=1S/C28H36ClN5O3/c1-33(20-10-14-32-15-11-20)27(36)28(37-26-9-5-3-7-23(26)29)12-16-34(17-13-28)21(19-30)18-24(31)22-6-2-4-8-25(22)35/h2-9,18-20,32,35H,10-17,30-31H2,1H3/b21-19+,24-18-. The first-order valence-electron chi connectivity index (χ1n) is 12.7. The van der Waals surface area contributed by atoms with Gasteiger partial charge >= 0.3 is 0 Å². The highest BCUT2D eigenvalue weighted by molar-refractivity contribution is 6.32. The number of nitrogens with zero attached hydrogens (tertiary/aromatic N) is 2. The molecule has 2 heterocycles. The molecule has 37 heavy (non-hydrogen) atoms. The van der Waals surface area contributed by atoms with Crippen LogP contribution in [0.25, 0.3) is 5.70 Å². The molecule has 2 fully saturated rings. The number of hydrogen-bond donors (Lipinski definition) is 4. The van der Waals surface area contributed by atoms with E-state index in [0.29, 0.717) is 53.7 Å². The lowest BCUT2D eigenvalue weighted by Crippen LogP contribution is -2.59. The molecule has 6 N–H and O–H groups in total. The Kier molecular flexibility index (Phi) is 8.51. The predicted molar refractivity (Wildman–Crippen MR) is 147 cm³/mol. The van der Waals surface area contributed by atoms with E-state index in [0.717, 1.165) is 25.9 Å². The van der Waals surface area contributed by atoms with E-state index in [1.54, 1.807) is 36.4 Å². The van der Waals surface area contributed by atoms with Gasteiger partial charge in [-0.15, -0.1) is 0 Å². The summed E-state index contributed by atoms with van der Waals surface area (Å²) in [5, 5.41) is 14.0. The summed E-state index contributed by atoms with van der Waals surface area (Å²) in [6, 6.07) is 14.3. The molecule has 0 unspecified atom stereocenters. The Balaban J connectivity index is 1.56. The molecule has 0 saturated carbocycles. The van der Waals surface area contributed by atoms with E-state index < -0.39 is 5.60 Å². The molecule has 4 rings (SSSR count). The third-order valence-corrected chi connectivity index (χ3v) is 7.65. The summed E-state index contributed by atoms with van der Waals surface area (Å²) in [5.74, 6) is 0.578. The minimum absolute atomic E-state index is 0.0264. The van der Waals surface area contributed by atoms with Crippen molar-refractivity contribution in [3.05, 3.63) is 77.1 Å². The Morgan fingerprint density at radius 3 is 2.46 bits per heavy atom. The van der Waals surface area contributed by atoms with Gasteiger partial charge in [-0.25, -0.2) is 0 Å². The first kappa shape index (κ1) is 26.7. The number of ether oxygens (including phenoxy) is 1. The minimum Gasteiger partial charge on any atom is -0.507 e. The number of likely N-dealkylation sites (N-methyl/N-ethyl adjacent to an activating group) is 1. The number of phenols is 1. The summed E-state index contributed by atoms with van der Waals surface area (Å²) in [5.41, 5.74) is 12.9. The molecule has 2 aliphatic rings. The van der Waals surface area contributed by atoms with E-state index in [1.165, 1.54) is 6.20 Å². The van der Waals surface area contributed by atoms with Gasteiger partial charge in [0.2, 0.25) is 0 Å². The Morgan fingerprint density at radius 2 is 1.81 bits per heavy atom. The van der Waals surface area contributed by atoms with Crippen LogP contribution < -0.4 is 21.5 Å². The van der Waals surface area contributed by atoms with Crippen molar-refractivity contribution in [2.45, 2.75) is 37.3 Å². The highest BCUT2D eigenvalue weighted by Gasteiger charge is 2.47. The number of likely N-dealkylation sites (tertiary alicyclic amines) is 1. The van der Waals surface area contributed by atoms with Crippen molar-refractivity contribution in [2.75, 3.05) is 33.2 Å². The van der Waals surface area contributed by atoms with E-state index in [4.69, 9.17) is 27.8 Å². The van der Waals surface area contributed by atoms with Gasteiger partial charge in [0, 0.05) is 56.5 Å². The molecule has 2 saturated heterocycles. The third kappa shape index (κ3) is 5.97. The Morgan fingerprint density at radius 1 is 1.16 bits per heavy atom. The summed E-state index contributed by atoms with van der Waals surface area (Å²) in [4.78, 5) is 17.9. The molecule has 9 heteroatoms. The van der Waals surface area contributed by atoms with Crippen LogP contribution in [0.15, 0.2) is 66.5 Å². The van der Waals surface area contributed by atoms with Gasteiger partial charge in [0.1, 0.15) is 11.5 Å². The molecule has 0 aromatic heterocycles. The maximum Gasteiger partial charge on any atom is 0.266 e. The molecule has 198 valence electrons. The van der Waals surface area contributed by atoms with Gasteiger partial charge in [0.15, 0.2) is 5.60 Å². The Bertz CT molecular complexity index is 1150. The maximum absolute atomic E-state index is 14.0. The summed E-state index contributed by atoms with van der Waals surface area (Å²) < 4.78 is 6.49. The highest BCUT2D eigenvalue weighted by atomic mass is 35.5. The van der Waals surface area contributed by atoms with Crippen LogP contribution in [0.3, 0.4) is 0 Å². The number of aromatic hydroxyl groups is 1. The topological polar surface area (TPSA) is 117 Å². The molecule has 8 nitrogen and oxygen atoms in total. The number of nitrogens with one attached hydrogen (secondary N) is 1. The minimum atomic E-state index is -1.05. The second-order valence-corrected chi connectivity index (χ2v) is 10.0. The van der Waals surface area contributed by atoms with Crippen LogP contribution in [0, 0.1) is 0 Å². The smallest absolute Gasteiger partial charge is 0.266 e. The van der Waals surface area contributed by atoms with Crippen LogP contribution in [-0.2, 0) is 4.79 Å². The molecule has 1 amide bonds. The molecule has 0 bridgehead atoms. The van der Waals surface area contributed by atoms with Crippen molar-refractivity contribution in [3.8, 4) is 11.5 Å². The first-order chi connectivity index (χ1) is 17.8. The Labute approximate surface area is 223 Å². The number of para-hydroxylation sites is 2. The van der Waals surface area contributed by atoms with E-state index in [9.17, 15) is 9.90 Å². The lowest BCUT2D eigenvalue weighted by atomic mass is 9.88. The fourth-order valence-corrected chi connectivity index (χ4v) is 5.28. The number of carbonyl (C=O) groups is 1. The molecule has 0 spiro atoms. The molecule has 2 aromatic carbocycles. The van der Waals surface area contributed by atoms with Crippen LogP contribution in [0.5, 0.6) is 11.5 Å². The average Bonchev–Trinajstić information content (AvgIpc) is 2.93. The second-order valence-electron chi connectivity index (χ2n) is 9.62. The zero-order valence-corrected chi connectivity index (χ0v) is 22.0. The summed E-state index contributed by atoms with van der Waals surface area (Å²) >= 11 is 6.43. The lowest BCUT2D eigenvalue weighted by molar-refractivity contribution is -0.153. The average molecular weight is 526 g/mol. The van der Waals surface area contributed by atoms with Gasteiger partial charge in [0.25, 0.3) is 5.91 Å². The van der Waals surface area contributed by atoms with Crippen molar-refractivity contribution < 1.29 is 14.6 Å². The first-order valence-corrected chi connectivity index (χ1v) is 13.1. The summed E-state index contributed by atoms with van der Waals surface area (Å²) in [6.45, 7) is 2.85. The van der Waals surface area contributed by atoms with Gasteiger partial charge in [-0.2, -0.15) is 0 Å². The fraction of sp³-hybridized carbons (Fsp3) is 0.393. The second kappa shape index (κ2) is 11.8. The van der Waals surface area contributed by atoms with Crippen molar-refractivity contribution in [1.82, 2.24) is 15.1 Å². The van der Waals surface area contributed by atoms with E-state index in [1.807, 2.05) is 30.1 Å². The van der Waals surface area contributed by atoms with Gasteiger partial charge in [-0.3, -0.25) is 4.79 Å². The summed E-state index contributed by atoms with van der Waals surface area (Å²) in [6.07, 6.45) is 5.97. The van der Waals surface area contributed by atoms with Crippen molar-refractivity contribution in [3.63, 3.8) is 0 Å². The number of piperidine rings is 2. The maximum atomic E-state index is 14.0. The number of rotatable bonds is 7. The van der Waals surface area contributed by atoms with Crippen molar-refractivity contribution in [2.24, 2.45) is 11.5 Å². The fourth-order valence-electron chi connectivity index (χ4n) is 5.10. The van der Waals surface area contributed by atoms with Gasteiger partial charge in [-0.05, 0) is 56.3 Å². The number of carbonyl (C=O) groups excluding carboxylic acids is 1. The van der Waals surface area contributed by atoms with Gasteiger partial charge in [-0.1, -0.05) is 35.9 Å². The summed E-state index contributed by atoms with van der Waals surface area (Å²) in [7, 11) is 1.88. The van der Waals surface area contributed by atoms with Crippen LogP contribution in [0.4, 0.5) is 0 Å². The number of phenolic OH excluding ortho intramolecular Hbond substituents is 1. The van der Waals surface area contributed by atoms with E-state index in [2.05, 4.69) is 10.2 Å². The normalized spacial score (nSPS) is 18.9.